The van der Waals surface area contributed by atoms with Gasteiger partial charge in [-0.25, -0.2) is 0 Å². The normalized spacial score (nSPS) is 19.3. The van der Waals surface area contributed by atoms with Gasteiger partial charge in [-0.05, 0) is 56.8 Å². The largest absolute Gasteiger partial charge is 0.496 e. The quantitative estimate of drug-likeness (QED) is 0.920. The zero-order valence-electron chi connectivity index (χ0n) is 11.9. The highest BCUT2D eigenvalue weighted by atomic mass is 35.5. The van der Waals surface area contributed by atoms with Crippen molar-refractivity contribution in [2.24, 2.45) is 5.92 Å². The van der Waals surface area contributed by atoms with Crippen LogP contribution in [-0.2, 0) is 6.42 Å². The van der Waals surface area contributed by atoms with E-state index in [1.54, 1.807) is 14.2 Å². The minimum Gasteiger partial charge on any atom is -0.496 e. The van der Waals surface area contributed by atoms with E-state index in [9.17, 15) is 0 Å². The molecule has 0 bridgehead atoms. The molecule has 4 heteroatoms. The van der Waals surface area contributed by atoms with Crippen LogP contribution in [0, 0.1) is 12.8 Å². The lowest BCUT2D eigenvalue weighted by Crippen LogP contribution is -2.31. The highest BCUT2D eigenvalue weighted by molar-refractivity contribution is 6.33. The first-order valence-electron chi connectivity index (χ1n) is 6.78. The van der Waals surface area contributed by atoms with Crippen LogP contribution < -0.4 is 14.8 Å². The van der Waals surface area contributed by atoms with Crippen LogP contribution in [0.5, 0.6) is 11.5 Å². The molecular weight excluding hydrogens is 262 g/mol. The van der Waals surface area contributed by atoms with Gasteiger partial charge in [-0.15, -0.1) is 0 Å². The summed E-state index contributed by atoms with van der Waals surface area (Å²) in [6.45, 7) is 4.16. The van der Waals surface area contributed by atoms with E-state index in [2.05, 4.69) is 5.32 Å². The number of rotatable bonds is 4. The van der Waals surface area contributed by atoms with Crippen LogP contribution in [0.1, 0.15) is 24.0 Å². The lowest BCUT2D eigenvalue weighted by atomic mass is 9.91. The second-order valence-electron chi connectivity index (χ2n) is 5.14. The van der Waals surface area contributed by atoms with Gasteiger partial charge >= 0.3 is 0 Å². The van der Waals surface area contributed by atoms with E-state index in [1.165, 1.54) is 12.8 Å². The van der Waals surface area contributed by atoms with Crippen molar-refractivity contribution in [2.45, 2.75) is 26.2 Å². The summed E-state index contributed by atoms with van der Waals surface area (Å²) in [6.07, 6.45) is 3.40. The van der Waals surface area contributed by atoms with Crippen LogP contribution in [-0.4, -0.2) is 27.3 Å². The summed E-state index contributed by atoms with van der Waals surface area (Å²) in [5.41, 5.74) is 2.08. The third-order valence-corrected chi connectivity index (χ3v) is 4.18. The molecule has 0 saturated carbocycles. The van der Waals surface area contributed by atoms with E-state index in [4.69, 9.17) is 21.1 Å². The molecule has 2 rings (SSSR count). The molecule has 1 fully saturated rings. The van der Waals surface area contributed by atoms with E-state index >= 15 is 0 Å². The molecule has 1 N–H and O–H groups in total. The van der Waals surface area contributed by atoms with Crippen LogP contribution in [0.4, 0.5) is 0 Å². The molecule has 1 unspecified atom stereocenters. The van der Waals surface area contributed by atoms with Gasteiger partial charge in [-0.3, -0.25) is 0 Å². The molecular formula is C15H22ClNO2. The minimum absolute atomic E-state index is 0.618. The van der Waals surface area contributed by atoms with Crippen molar-refractivity contribution in [1.82, 2.24) is 5.32 Å². The maximum atomic E-state index is 6.49. The van der Waals surface area contributed by atoms with Crippen molar-refractivity contribution in [3.8, 4) is 11.5 Å². The Morgan fingerprint density at radius 1 is 1.37 bits per heavy atom. The molecule has 0 aliphatic carbocycles. The standard InChI is InChI=1S/C15H22ClNO2/c1-10-7-13(18-2)12(14(16)15(10)19-3)8-11-5-4-6-17-9-11/h7,11,17H,4-6,8-9H2,1-3H3. The van der Waals surface area contributed by atoms with Crippen molar-refractivity contribution in [1.29, 1.82) is 0 Å². The number of halogens is 1. The van der Waals surface area contributed by atoms with Crippen molar-refractivity contribution >= 4 is 11.6 Å². The lowest BCUT2D eigenvalue weighted by molar-refractivity contribution is 0.361. The number of benzene rings is 1. The summed E-state index contributed by atoms with van der Waals surface area (Å²) in [7, 11) is 3.35. The van der Waals surface area contributed by atoms with Crippen molar-refractivity contribution < 1.29 is 9.47 Å². The van der Waals surface area contributed by atoms with Gasteiger partial charge in [0, 0.05) is 5.56 Å². The third-order valence-electron chi connectivity index (χ3n) is 3.78. The molecule has 19 heavy (non-hydrogen) atoms. The van der Waals surface area contributed by atoms with Crippen molar-refractivity contribution in [2.75, 3.05) is 27.3 Å². The van der Waals surface area contributed by atoms with Gasteiger partial charge < -0.3 is 14.8 Å². The fraction of sp³-hybridized carbons (Fsp3) is 0.600. The summed E-state index contributed by atoms with van der Waals surface area (Å²) in [5, 5.41) is 4.14. The van der Waals surface area contributed by atoms with Crippen LogP contribution in [0.3, 0.4) is 0 Å². The molecule has 1 aliphatic heterocycles. The maximum absolute atomic E-state index is 6.49. The van der Waals surface area contributed by atoms with E-state index in [-0.39, 0.29) is 0 Å². The maximum Gasteiger partial charge on any atom is 0.140 e. The second-order valence-corrected chi connectivity index (χ2v) is 5.52. The number of nitrogens with one attached hydrogen (secondary N) is 1. The monoisotopic (exact) mass is 283 g/mol. The Kier molecular flexibility index (Phi) is 4.94. The second kappa shape index (κ2) is 6.49. The van der Waals surface area contributed by atoms with E-state index < -0.39 is 0 Å². The minimum atomic E-state index is 0.618. The van der Waals surface area contributed by atoms with Gasteiger partial charge in [0.2, 0.25) is 0 Å². The molecule has 1 aromatic rings. The molecule has 0 aromatic heterocycles. The number of methoxy groups -OCH3 is 2. The molecule has 0 amide bonds. The van der Waals surface area contributed by atoms with Crippen molar-refractivity contribution in [3.63, 3.8) is 0 Å². The molecule has 1 aromatic carbocycles. The number of aryl methyl sites for hydroxylation is 1. The summed E-state index contributed by atoms with van der Waals surface area (Å²) in [6, 6.07) is 2.01. The Balaban J connectivity index is 2.31. The van der Waals surface area contributed by atoms with Gasteiger partial charge in [0.15, 0.2) is 0 Å². The molecule has 1 aliphatic rings. The molecule has 0 spiro atoms. The summed E-state index contributed by atoms with van der Waals surface area (Å²) >= 11 is 6.49. The first-order chi connectivity index (χ1) is 9.17. The summed E-state index contributed by atoms with van der Waals surface area (Å²) in [4.78, 5) is 0. The van der Waals surface area contributed by atoms with Gasteiger partial charge in [0.25, 0.3) is 0 Å². The van der Waals surface area contributed by atoms with Gasteiger partial charge in [-0.2, -0.15) is 0 Å². The SMILES string of the molecule is COc1cc(C)c(OC)c(Cl)c1CC1CCCNC1. The molecule has 0 radical (unpaired) electrons. The number of hydrogen-bond acceptors (Lipinski definition) is 3. The number of hydrogen-bond donors (Lipinski definition) is 1. The molecule has 106 valence electrons. The van der Waals surface area contributed by atoms with Gasteiger partial charge in [0.1, 0.15) is 11.5 Å². The highest BCUT2D eigenvalue weighted by Gasteiger charge is 2.21. The Labute approximate surface area is 120 Å². The Morgan fingerprint density at radius 2 is 2.16 bits per heavy atom. The zero-order valence-corrected chi connectivity index (χ0v) is 12.6. The average Bonchev–Trinajstić information content (AvgIpc) is 2.43. The van der Waals surface area contributed by atoms with E-state index in [0.29, 0.717) is 10.9 Å². The van der Waals surface area contributed by atoms with Gasteiger partial charge in [0.05, 0.1) is 19.2 Å². The number of ether oxygens (including phenoxy) is 2. The third kappa shape index (κ3) is 3.15. The van der Waals surface area contributed by atoms with Crippen molar-refractivity contribution in [3.05, 3.63) is 22.2 Å². The smallest absolute Gasteiger partial charge is 0.140 e. The zero-order chi connectivity index (χ0) is 13.8. The topological polar surface area (TPSA) is 30.5 Å². The average molecular weight is 284 g/mol. The lowest BCUT2D eigenvalue weighted by Gasteiger charge is -2.24. The molecule has 1 heterocycles. The van der Waals surface area contributed by atoms with Crippen LogP contribution in [0.2, 0.25) is 5.02 Å². The first kappa shape index (κ1) is 14.5. The molecule has 1 saturated heterocycles. The predicted molar refractivity (Wildman–Crippen MR) is 78.6 cm³/mol. The van der Waals surface area contributed by atoms with Crippen LogP contribution in [0.25, 0.3) is 0 Å². The molecule has 3 nitrogen and oxygen atoms in total. The number of piperidine rings is 1. The predicted octanol–water partition coefficient (Wildman–Crippen LogP) is 3.21. The summed E-state index contributed by atoms with van der Waals surface area (Å²) < 4.78 is 10.9. The fourth-order valence-electron chi connectivity index (χ4n) is 2.78. The Bertz CT molecular complexity index is 442. The summed E-state index contributed by atoms with van der Waals surface area (Å²) in [5.74, 6) is 2.25. The first-order valence-corrected chi connectivity index (χ1v) is 7.15. The van der Waals surface area contributed by atoms with Crippen LogP contribution in [0.15, 0.2) is 6.07 Å². The van der Waals surface area contributed by atoms with E-state index in [0.717, 1.165) is 42.1 Å². The van der Waals surface area contributed by atoms with Gasteiger partial charge in [-0.1, -0.05) is 11.6 Å². The Morgan fingerprint density at radius 3 is 2.74 bits per heavy atom. The Hall–Kier alpha value is -0.930. The highest BCUT2D eigenvalue weighted by Crippen LogP contribution is 2.39. The molecule has 1 atom stereocenters. The van der Waals surface area contributed by atoms with Crippen LogP contribution >= 0.6 is 11.6 Å². The fourth-order valence-corrected chi connectivity index (χ4v) is 3.17. The van der Waals surface area contributed by atoms with E-state index in [1.807, 2.05) is 13.0 Å².